The summed E-state index contributed by atoms with van der Waals surface area (Å²) < 4.78 is 0. The lowest BCUT2D eigenvalue weighted by atomic mass is 10.1. The van der Waals surface area contributed by atoms with Crippen LogP contribution in [0.25, 0.3) is 10.9 Å². The molecule has 0 saturated carbocycles. The standard InChI is InChI=1S/C20H20N6O2S/c21-20(28)24-17-10-13(7-8-16-14-5-1-2-6-15(14)25-26-16)29-18(17)19(27)23-12-4-3-9-22-11-12/h1-2,5-6,10,12,22H,3-4,9,11H2,(H,23,27)(H,25,26)(H3,21,24,28)/t12-/m0/s1. The second-order valence-electron chi connectivity index (χ2n) is 6.73. The number of carbonyl (C=O) groups excluding carboxylic acids is 2. The van der Waals surface area contributed by atoms with Crippen molar-refractivity contribution < 1.29 is 9.59 Å². The van der Waals surface area contributed by atoms with E-state index in [-0.39, 0.29) is 11.9 Å². The number of primary amides is 1. The lowest BCUT2D eigenvalue weighted by molar-refractivity contribution is 0.0935. The van der Waals surface area contributed by atoms with E-state index < -0.39 is 6.03 Å². The molecule has 1 aliphatic heterocycles. The van der Waals surface area contributed by atoms with Crippen LogP contribution in [0.15, 0.2) is 30.3 Å². The van der Waals surface area contributed by atoms with Gasteiger partial charge in [-0.05, 0) is 49.4 Å². The molecule has 29 heavy (non-hydrogen) atoms. The fraction of sp³-hybridized carbons (Fsp3) is 0.250. The molecule has 148 valence electrons. The fourth-order valence-electron chi connectivity index (χ4n) is 3.25. The van der Waals surface area contributed by atoms with Crippen LogP contribution in [0, 0.1) is 11.8 Å². The number of hydrogen-bond donors (Lipinski definition) is 5. The van der Waals surface area contributed by atoms with Gasteiger partial charge in [0, 0.05) is 18.0 Å². The van der Waals surface area contributed by atoms with Crippen LogP contribution in [0.1, 0.15) is 33.1 Å². The third-order valence-electron chi connectivity index (χ3n) is 4.60. The van der Waals surface area contributed by atoms with Crippen molar-refractivity contribution in [3.05, 3.63) is 45.8 Å². The lowest BCUT2D eigenvalue weighted by Crippen LogP contribution is -2.45. The third-order valence-corrected chi connectivity index (χ3v) is 5.65. The average Bonchev–Trinajstić information content (AvgIpc) is 3.30. The van der Waals surface area contributed by atoms with E-state index >= 15 is 0 Å². The minimum Gasteiger partial charge on any atom is -0.351 e. The Kier molecular flexibility index (Phi) is 5.46. The van der Waals surface area contributed by atoms with Crippen molar-refractivity contribution in [2.45, 2.75) is 18.9 Å². The molecule has 0 unspecified atom stereocenters. The van der Waals surface area contributed by atoms with Gasteiger partial charge in [-0.15, -0.1) is 11.3 Å². The zero-order chi connectivity index (χ0) is 20.2. The summed E-state index contributed by atoms with van der Waals surface area (Å²) in [5.41, 5.74) is 7.15. The highest BCUT2D eigenvalue weighted by molar-refractivity contribution is 7.15. The van der Waals surface area contributed by atoms with E-state index in [1.807, 2.05) is 24.3 Å². The van der Waals surface area contributed by atoms with Crippen LogP contribution in [0.3, 0.4) is 0 Å². The summed E-state index contributed by atoms with van der Waals surface area (Å²) in [6.45, 7) is 1.69. The smallest absolute Gasteiger partial charge is 0.316 e. The first-order chi connectivity index (χ1) is 14.1. The van der Waals surface area contributed by atoms with Gasteiger partial charge in [0.15, 0.2) is 0 Å². The molecule has 0 radical (unpaired) electrons. The number of nitrogens with zero attached hydrogens (tertiary/aromatic N) is 1. The summed E-state index contributed by atoms with van der Waals surface area (Å²) in [4.78, 5) is 25.1. The van der Waals surface area contributed by atoms with Gasteiger partial charge in [-0.2, -0.15) is 5.10 Å². The summed E-state index contributed by atoms with van der Waals surface area (Å²) in [5.74, 6) is 5.82. The molecular formula is C20H20N6O2S. The normalized spacial score (nSPS) is 16.1. The molecule has 0 aliphatic carbocycles. The van der Waals surface area contributed by atoms with Crippen LogP contribution in [0.5, 0.6) is 0 Å². The second-order valence-corrected chi connectivity index (χ2v) is 7.78. The molecule has 8 nitrogen and oxygen atoms in total. The molecule has 0 spiro atoms. The average molecular weight is 408 g/mol. The summed E-state index contributed by atoms with van der Waals surface area (Å²) in [6.07, 6.45) is 1.93. The van der Waals surface area contributed by atoms with Gasteiger partial charge in [0.1, 0.15) is 10.6 Å². The molecule has 1 saturated heterocycles. The highest BCUT2D eigenvalue weighted by atomic mass is 32.1. The number of H-pyrrole nitrogens is 1. The molecule has 4 rings (SSSR count). The molecule has 1 atom stereocenters. The van der Waals surface area contributed by atoms with Crippen molar-refractivity contribution >= 4 is 39.9 Å². The Bertz CT molecular complexity index is 1120. The lowest BCUT2D eigenvalue weighted by Gasteiger charge is -2.23. The Hall–Kier alpha value is -3.35. The van der Waals surface area contributed by atoms with Gasteiger partial charge < -0.3 is 21.7 Å². The summed E-state index contributed by atoms with van der Waals surface area (Å²) >= 11 is 1.21. The monoisotopic (exact) mass is 408 g/mol. The van der Waals surface area contributed by atoms with E-state index in [1.54, 1.807) is 6.07 Å². The van der Waals surface area contributed by atoms with Gasteiger partial charge in [0.05, 0.1) is 16.1 Å². The van der Waals surface area contributed by atoms with Crippen molar-refractivity contribution in [3.8, 4) is 11.8 Å². The molecular weight excluding hydrogens is 388 g/mol. The number of nitrogens with two attached hydrogens (primary N) is 1. The van der Waals surface area contributed by atoms with E-state index in [0.29, 0.717) is 21.1 Å². The number of aromatic nitrogens is 2. The maximum atomic E-state index is 12.8. The van der Waals surface area contributed by atoms with Crippen molar-refractivity contribution in [1.82, 2.24) is 20.8 Å². The SMILES string of the molecule is NC(=O)Nc1cc(C#Cc2n[nH]c3ccccc23)sc1C(=O)N[C@H]1CCCNC1. The number of carbonyl (C=O) groups is 2. The van der Waals surface area contributed by atoms with E-state index in [4.69, 9.17) is 5.73 Å². The molecule has 2 aromatic heterocycles. The Labute approximate surface area is 171 Å². The second kappa shape index (κ2) is 8.34. The number of hydrogen-bond acceptors (Lipinski definition) is 5. The molecule has 3 heterocycles. The van der Waals surface area contributed by atoms with Crippen LogP contribution >= 0.6 is 11.3 Å². The summed E-state index contributed by atoms with van der Waals surface area (Å²) in [5, 5.41) is 16.9. The molecule has 1 aliphatic rings. The summed E-state index contributed by atoms with van der Waals surface area (Å²) in [6, 6.07) is 8.70. The van der Waals surface area contributed by atoms with Gasteiger partial charge in [-0.25, -0.2) is 4.79 Å². The van der Waals surface area contributed by atoms with Crippen molar-refractivity contribution in [2.24, 2.45) is 5.73 Å². The maximum absolute atomic E-state index is 12.8. The number of thiophene rings is 1. The number of fused-ring (bicyclic) bond motifs is 1. The largest absolute Gasteiger partial charge is 0.351 e. The molecule has 9 heteroatoms. The predicted octanol–water partition coefficient (Wildman–Crippen LogP) is 2.00. The van der Waals surface area contributed by atoms with E-state index in [0.717, 1.165) is 36.8 Å². The number of benzene rings is 1. The molecule has 0 bridgehead atoms. The number of urea groups is 1. The number of amides is 3. The number of anilines is 1. The van der Waals surface area contributed by atoms with Gasteiger partial charge in [0.25, 0.3) is 5.91 Å². The van der Waals surface area contributed by atoms with Gasteiger partial charge in [0.2, 0.25) is 0 Å². The van der Waals surface area contributed by atoms with Crippen LogP contribution < -0.4 is 21.7 Å². The van der Waals surface area contributed by atoms with Crippen LogP contribution in [0.2, 0.25) is 0 Å². The minimum absolute atomic E-state index is 0.0599. The minimum atomic E-state index is -0.728. The number of rotatable bonds is 3. The van der Waals surface area contributed by atoms with Crippen LogP contribution in [-0.2, 0) is 0 Å². The predicted molar refractivity (Wildman–Crippen MR) is 113 cm³/mol. The van der Waals surface area contributed by atoms with E-state index in [1.165, 1.54) is 11.3 Å². The Morgan fingerprint density at radius 3 is 2.93 bits per heavy atom. The highest BCUT2D eigenvalue weighted by Crippen LogP contribution is 2.27. The zero-order valence-corrected chi connectivity index (χ0v) is 16.4. The Balaban J connectivity index is 1.60. The first kappa shape index (κ1) is 19.0. The first-order valence-electron chi connectivity index (χ1n) is 9.27. The maximum Gasteiger partial charge on any atom is 0.316 e. The molecule has 6 N–H and O–H groups in total. The van der Waals surface area contributed by atoms with E-state index in [9.17, 15) is 9.59 Å². The molecule has 1 fully saturated rings. The van der Waals surface area contributed by atoms with Gasteiger partial charge in [-0.3, -0.25) is 9.89 Å². The Morgan fingerprint density at radius 1 is 1.28 bits per heavy atom. The first-order valence-corrected chi connectivity index (χ1v) is 10.1. The molecule has 3 amide bonds. The number of aromatic amines is 1. The van der Waals surface area contributed by atoms with Gasteiger partial charge in [-0.1, -0.05) is 12.1 Å². The summed E-state index contributed by atoms with van der Waals surface area (Å²) in [7, 11) is 0. The number of piperidine rings is 1. The quantitative estimate of drug-likeness (QED) is 0.425. The van der Waals surface area contributed by atoms with Crippen molar-refractivity contribution in [1.29, 1.82) is 0 Å². The zero-order valence-electron chi connectivity index (χ0n) is 15.5. The van der Waals surface area contributed by atoms with Crippen LogP contribution in [0.4, 0.5) is 10.5 Å². The fourth-order valence-corrected chi connectivity index (χ4v) is 4.12. The number of para-hydroxylation sites is 1. The third kappa shape index (κ3) is 4.39. The van der Waals surface area contributed by atoms with Crippen LogP contribution in [-0.4, -0.2) is 41.3 Å². The molecule has 1 aromatic carbocycles. The highest BCUT2D eigenvalue weighted by Gasteiger charge is 2.21. The topological polar surface area (TPSA) is 125 Å². The van der Waals surface area contributed by atoms with Gasteiger partial charge >= 0.3 is 6.03 Å². The van der Waals surface area contributed by atoms with E-state index in [2.05, 4.69) is 38.0 Å². The molecule has 3 aromatic rings. The number of nitrogens with one attached hydrogen (secondary N) is 4. The Morgan fingerprint density at radius 2 is 2.14 bits per heavy atom. The van der Waals surface area contributed by atoms with Crippen molar-refractivity contribution in [2.75, 3.05) is 18.4 Å². The van der Waals surface area contributed by atoms with Crippen molar-refractivity contribution in [3.63, 3.8) is 0 Å².